The predicted molar refractivity (Wildman–Crippen MR) is 121 cm³/mol. The molecular weight excluding hydrogens is 392 g/mol. The molecule has 162 valence electrons. The van der Waals surface area contributed by atoms with Gasteiger partial charge in [-0.15, -0.1) is 0 Å². The van der Waals surface area contributed by atoms with Gasteiger partial charge in [0.05, 0.1) is 12.1 Å². The van der Waals surface area contributed by atoms with E-state index in [2.05, 4.69) is 44.3 Å². The van der Waals surface area contributed by atoms with Crippen LogP contribution >= 0.6 is 0 Å². The van der Waals surface area contributed by atoms with Gasteiger partial charge in [-0.25, -0.2) is 9.97 Å². The molecule has 1 aromatic heterocycles. The van der Waals surface area contributed by atoms with Crippen molar-refractivity contribution in [2.24, 2.45) is 0 Å². The molecule has 1 aliphatic rings. The fourth-order valence-corrected chi connectivity index (χ4v) is 3.45. The summed E-state index contributed by atoms with van der Waals surface area (Å²) in [5.74, 6) is 0.513. The van der Waals surface area contributed by atoms with E-state index in [-0.39, 0.29) is 11.9 Å². The zero-order valence-corrected chi connectivity index (χ0v) is 17.7. The summed E-state index contributed by atoms with van der Waals surface area (Å²) in [7, 11) is 0. The molecule has 0 bridgehead atoms. The Kier molecular flexibility index (Phi) is 7.92. The average molecular weight is 421 g/mol. The SMILES string of the molecule is CCOC=O.Nc1nc(C(=O)NCCc2ccccc2)c2cc(C3CCC3)ccc2n1. The molecule has 0 unspecified atom stereocenters. The summed E-state index contributed by atoms with van der Waals surface area (Å²) in [5.41, 5.74) is 9.34. The summed E-state index contributed by atoms with van der Waals surface area (Å²) in [6, 6.07) is 16.2. The number of anilines is 1. The summed E-state index contributed by atoms with van der Waals surface area (Å²) in [6.45, 7) is 3.22. The van der Waals surface area contributed by atoms with Gasteiger partial charge in [-0.1, -0.05) is 42.8 Å². The van der Waals surface area contributed by atoms with Crippen molar-refractivity contribution < 1.29 is 14.3 Å². The zero-order valence-electron chi connectivity index (χ0n) is 17.7. The van der Waals surface area contributed by atoms with Crippen LogP contribution in [-0.4, -0.2) is 35.5 Å². The maximum Gasteiger partial charge on any atom is 0.293 e. The number of aromatic nitrogens is 2. The summed E-state index contributed by atoms with van der Waals surface area (Å²) in [5, 5.41) is 3.74. The van der Waals surface area contributed by atoms with E-state index >= 15 is 0 Å². The Morgan fingerprint density at radius 2 is 1.97 bits per heavy atom. The van der Waals surface area contributed by atoms with Crippen LogP contribution in [0, 0.1) is 0 Å². The molecule has 1 heterocycles. The number of nitrogens with two attached hydrogens (primary N) is 1. The van der Waals surface area contributed by atoms with Gasteiger partial charge in [-0.2, -0.15) is 0 Å². The number of nitrogen functional groups attached to an aromatic ring is 1. The number of nitrogens with one attached hydrogen (secondary N) is 1. The van der Waals surface area contributed by atoms with Crippen molar-refractivity contribution >= 4 is 29.2 Å². The van der Waals surface area contributed by atoms with Crippen molar-refractivity contribution in [1.82, 2.24) is 15.3 Å². The number of amides is 1. The predicted octanol–water partition coefficient (Wildman–Crippen LogP) is 3.63. The third-order valence-electron chi connectivity index (χ3n) is 5.31. The molecular formula is C24H28N4O3. The monoisotopic (exact) mass is 420 g/mol. The second-order valence-corrected chi connectivity index (χ2v) is 7.38. The van der Waals surface area contributed by atoms with Crippen molar-refractivity contribution in [3.63, 3.8) is 0 Å². The molecule has 7 heteroatoms. The highest BCUT2D eigenvalue weighted by Crippen LogP contribution is 2.37. The Morgan fingerprint density at radius 1 is 1.19 bits per heavy atom. The van der Waals surface area contributed by atoms with Gasteiger partial charge in [0.1, 0.15) is 5.69 Å². The van der Waals surface area contributed by atoms with Gasteiger partial charge >= 0.3 is 0 Å². The van der Waals surface area contributed by atoms with Gasteiger partial charge in [-0.05, 0) is 55.4 Å². The van der Waals surface area contributed by atoms with Gasteiger partial charge < -0.3 is 15.8 Å². The lowest BCUT2D eigenvalue weighted by Gasteiger charge is -2.26. The molecule has 4 rings (SSSR count). The van der Waals surface area contributed by atoms with E-state index in [1.165, 1.54) is 30.4 Å². The van der Waals surface area contributed by atoms with Gasteiger partial charge in [0, 0.05) is 11.9 Å². The van der Waals surface area contributed by atoms with Gasteiger partial charge in [0.2, 0.25) is 5.95 Å². The minimum Gasteiger partial charge on any atom is -0.468 e. The molecule has 1 aliphatic carbocycles. The van der Waals surface area contributed by atoms with E-state index in [1.54, 1.807) is 6.92 Å². The molecule has 2 aromatic carbocycles. The van der Waals surface area contributed by atoms with Crippen molar-refractivity contribution in [2.45, 2.75) is 38.5 Å². The van der Waals surface area contributed by atoms with E-state index in [1.807, 2.05) is 24.3 Å². The molecule has 1 saturated carbocycles. The standard InChI is InChI=1S/C21H22N4O.C3H6O2/c22-21-24-18-10-9-16(15-7-4-8-15)13-17(18)19(25-21)20(26)23-12-11-14-5-2-1-3-6-14;1-2-5-3-4/h1-3,5-6,9-10,13,15H,4,7-8,11-12H2,(H,23,26)(H2,22,24,25);3H,2H2,1H3. The first-order valence-electron chi connectivity index (χ1n) is 10.6. The summed E-state index contributed by atoms with van der Waals surface area (Å²) in [4.78, 5) is 30.4. The summed E-state index contributed by atoms with van der Waals surface area (Å²) in [6.07, 6.45) is 4.46. The molecule has 0 radical (unpaired) electrons. The normalized spacial score (nSPS) is 12.9. The molecule has 7 nitrogen and oxygen atoms in total. The van der Waals surface area contributed by atoms with Crippen LogP contribution in [0.25, 0.3) is 10.9 Å². The van der Waals surface area contributed by atoms with E-state index in [0.717, 1.165) is 11.8 Å². The van der Waals surface area contributed by atoms with Crippen LogP contribution in [0.5, 0.6) is 0 Å². The smallest absolute Gasteiger partial charge is 0.293 e. The largest absolute Gasteiger partial charge is 0.468 e. The molecule has 1 fully saturated rings. The van der Waals surface area contributed by atoms with Gasteiger partial charge in [0.25, 0.3) is 12.4 Å². The second-order valence-electron chi connectivity index (χ2n) is 7.38. The first kappa shape index (κ1) is 22.2. The third-order valence-corrected chi connectivity index (χ3v) is 5.31. The maximum absolute atomic E-state index is 12.7. The van der Waals surface area contributed by atoms with E-state index in [9.17, 15) is 9.59 Å². The number of nitrogens with zero attached hydrogens (tertiary/aromatic N) is 2. The van der Waals surface area contributed by atoms with Crippen molar-refractivity contribution in [1.29, 1.82) is 0 Å². The van der Waals surface area contributed by atoms with Crippen molar-refractivity contribution in [3.8, 4) is 0 Å². The minimum atomic E-state index is -0.203. The fraction of sp³-hybridized carbons (Fsp3) is 0.333. The van der Waals surface area contributed by atoms with Crippen LogP contribution in [0.2, 0.25) is 0 Å². The van der Waals surface area contributed by atoms with Gasteiger partial charge in [0.15, 0.2) is 0 Å². The Labute approximate surface area is 182 Å². The number of ether oxygens (including phenoxy) is 1. The lowest BCUT2D eigenvalue weighted by Crippen LogP contribution is -2.27. The average Bonchev–Trinajstić information content (AvgIpc) is 2.74. The van der Waals surface area contributed by atoms with Gasteiger partial charge in [-0.3, -0.25) is 9.59 Å². The van der Waals surface area contributed by atoms with E-state index < -0.39 is 0 Å². The molecule has 1 amide bonds. The van der Waals surface area contributed by atoms with Crippen LogP contribution < -0.4 is 11.1 Å². The number of carbonyl (C=O) groups excluding carboxylic acids is 2. The molecule has 0 atom stereocenters. The summed E-state index contributed by atoms with van der Waals surface area (Å²) >= 11 is 0. The highest BCUT2D eigenvalue weighted by molar-refractivity contribution is 6.04. The lowest BCUT2D eigenvalue weighted by atomic mass is 9.80. The second kappa shape index (κ2) is 11.1. The Hall–Kier alpha value is -3.48. The first-order valence-corrected chi connectivity index (χ1v) is 10.6. The summed E-state index contributed by atoms with van der Waals surface area (Å²) < 4.78 is 4.15. The zero-order chi connectivity index (χ0) is 22.1. The molecule has 3 aromatic rings. The number of rotatable bonds is 7. The molecule has 31 heavy (non-hydrogen) atoms. The lowest BCUT2D eigenvalue weighted by molar-refractivity contribution is -0.128. The molecule has 0 saturated heterocycles. The van der Waals surface area contributed by atoms with Crippen LogP contribution in [-0.2, 0) is 16.0 Å². The van der Waals surface area contributed by atoms with E-state index in [4.69, 9.17) is 5.73 Å². The van der Waals surface area contributed by atoms with E-state index in [0.29, 0.717) is 36.8 Å². The topological polar surface area (TPSA) is 107 Å². The van der Waals surface area contributed by atoms with Crippen molar-refractivity contribution in [3.05, 3.63) is 65.4 Å². The highest BCUT2D eigenvalue weighted by Gasteiger charge is 2.21. The van der Waals surface area contributed by atoms with Crippen LogP contribution in [0.1, 0.15) is 53.7 Å². The quantitative estimate of drug-likeness (QED) is 0.565. The molecule has 3 N–H and O–H groups in total. The van der Waals surface area contributed by atoms with Crippen LogP contribution in [0.3, 0.4) is 0 Å². The van der Waals surface area contributed by atoms with Crippen LogP contribution in [0.4, 0.5) is 5.95 Å². The number of carbonyl (C=O) groups is 2. The first-order chi connectivity index (χ1) is 15.1. The maximum atomic E-state index is 12.7. The Morgan fingerprint density at radius 3 is 2.58 bits per heavy atom. The number of fused-ring (bicyclic) bond motifs is 1. The number of benzene rings is 2. The number of hydrogen-bond donors (Lipinski definition) is 2. The third kappa shape index (κ3) is 6.01. The molecule has 0 spiro atoms. The molecule has 0 aliphatic heterocycles. The van der Waals surface area contributed by atoms with Crippen LogP contribution in [0.15, 0.2) is 48.5 Å². The Balaban J connectivity index is 0.000000491. The van der Waals surface area contributed by atoms with Crippen molar-refractivity contribution in [2.75, 3.05) is 18.9 Å². The Bertz CT molecular complexity index is 1020. The minimum absolute atomic E-state index is 0.127. The number of hydrogen-bond acceptors (Lipinski definition) is 6. The highest BCUT2D eigenvalue weighted by atomic mass is 16.5. The fourth-order valence-electron chi connectivity index (χ4n) is 3.45.